The minimum Gasteiger partial charge on any atom is -0.478 e. The van der Waals surface area contributed by atoms with Crippen LogP contribution in [0.3, 0.4) is 0 Å². The molecule has 1 amide bonds. The number of terminal acetylenes is 1. The molecule has 0 atom stereocenters. The molecule has 4 nitrogen and oxygen atoms in total. The van der Waals surface area contributed by atoms with Gasteiger partial charge in [-0.25, -0.2) is 4.79 Å². The highest BCUT2D eigenvalue weighted by Crippen LogP contribution is 2.08. The van der Waals surface area contributed by atoms with Gasteiger partial charge in [-0.1, -0.05) is 0 Å². The summed E-state index contributed by atoms with van der Waals surface area (Å²) >= 11 is 0. The maximum atomic E-state index is 10.7. The molecule has 0 fully saturated rings. The minimum absolute atomic E-state index is 0.156. The van der Waals surface area contributed by atoms with Crippen molar-refractivity contribution in [2.45, 2.75) is 0 Å². The molecule has 70 valence electrons. The highest BCUT2D eigenvalue weighted by atomic mass is 16.4. The summed E-state index contributed by atoms with van der Waals surface area (Å²) in [7, 11) is 0. The quantitative estimate of drug-likeness (QED) is 0.681. The summed E-state index contributed by atoms with van der Waals surface area (Å²) in [5.74, 6) is 0.308. The summed E-state index contributed by atoms with van der Waals surface area (Å²) in [4.78, 5) is 21.2. The average molecular weight is 189 g/mol. The molecule has 2 N–H and O–H groups in total. The van der Waals surface area contributed by atoms with E-state index in [-0.39, 0.29) is 5.56 Å². The molecule has 1 aromatic carbocycles. The molecule has 0 heterocycles. The van der Waals surface area contributed by atoms with Crippen LogP contribution < -0.4 is 5.32 Å². The van der Waals surface area contributed by atoms with Gasteiger partial charge in [-0.3, -0.25) is 4.79 Å². The smallest absolute Gasteiger partial charge is 0.335 e. The zero-order valence-corrected chi connectivity index (χ0v) is 7.15. The maximum absolute atomic E-state index is 10.7. The molecule has 0 spiro atoms. The Hall–Kier alpha value is -2.28. The lowest BCUT2D eigenvalue weighted by molar-refractivity contribution is -0.111. The van der Waals surface area contributed by atoms with Crippen molar-refractivity contribution in [2.75, 3.05) is 5.32 Å². The summed E-state index contributed by atoms with van der Waals surface area (Å²) < 4.78 is 0. The van der Waals surface area contributed by atoms with Crippen LogP contribution in [0.25, 0.3) is 0 Å². The number of rotatable bonds is 2. The van der Waals surface area contributed by atoms with Gasteiger partial charge in [-0.2, -0.15) is 0 Å². The Labute approximate surface area is 80.6 Å². The highest BCUT2D eigenvalue weighted by molar-refractivity contribution is 6.03. The van der Waals surface area contributed by atoms with Crippen molar-refractivity contribution in [3.63, 3.8) is 0 Å². The van der Waals surface area contributed by atoms with Crippen molar-refractivity contribution in [3.05, 3.63) is 29.8 Å². The number of nitrogens with one attached hydrogen (secondary N) is 1. The van der Waals surface area contributed by atoms with E-state index in [0.717, 1.165) is 0 Å². The lowest BCUT2D eigenvalue weighted by Crippen LogP contribution is -2.08. The largest absolute Gasteiger partial charge is 0.478 e. The van der Waals surface area contributed by atoms with E-state index in [9.17, 15) is 9.59 Å². The topological polar surface area (TPSA) is 66.4 Å². The Morgan fingerprint density at radius 1 is 1.29 bits per heavy atom. The van der Waals surface area contributed by atoms with Gasteiger partial charge in [0.15, 0.2) is 0 Å². The monoisotopic (exact) mass is 189 g/mol. The van der Waals surface area contributed by atoms with Crippen LogP contribution in [0.5, 0.6) is 0 Å². The third-order valence-corrected chi connectivity index (χ3v) is 1.52. The van der Waals surface area contributed by atoms with Crippen molar-refractivity contribution < 1.29 is 14.7 Å². The van der Waals surface area contributed by atoms with E-state index in [2.05, 4.69) is 5.32 Å². The van der Waals surface area contributed by atoms with Crippen LogP contribution in [0.1, 0.15) is 10.4 Å². The van der Waals surface area contributed by atoms with Gasteiger partial charge >= 0.3 is 5.97 Å². The molecule has 0 aliphatic rings. The molecule has 4 heteroatoms. The first-order chi connectivity index (χ1) is 6.63. The summed E-state index contributed by atoms with van der Waals surface area (Å²) in [5.41, 5.74) is 0.627. The predicted octanol–water partition coefficient (Wildman–Crippen LogP) is 0.956. The highest BCUT2D eigenvalue weighted by Gasteiger charge is 2.02. The fraction of sp³-hybridized carbons (Fsp3) is 0. The SMILES string of the molecule is C#CC(=O)Nc1ccc(C(=O)O)cc1. The molecule has 0 saturated carbocycles. The van der Waals surface area contributed by atoms with Gasteiger partial charge in [0.25, 0.3) is 5.91 Å². The number of anilines is 1. The van der Waals surface area contributed by atoms with Gasteiger partial charge in [0, 0.05) is 5.69 Å². The first-order valence-electron chi connectivity index (χ1n) is 3.74. The van der Waals surface area contributed by atoms with Crippen LogP contribution in [-0.2, 0) is 4.79 Å². The second-order valence-electron chi connectivity index (χ2n) is 2.48. The lowest BCUT2D eigenvalue weighted by Gasteiger charge is -2.00. The number of amides is 1. The number of aromatic carboxylic acids is 1. The molecule has 0 aromatic heterocycles. The second kappa shape index (κ2) is 4.10. The van der Waals surface area contributed by atoms with E-state index in [4.69, 9.17) is 11.5 Å². The molecule has 0 unspecified atom stereocenters. The van der Waals surface area contributed by atoms with Gasteiger partial charge in [0.2, 0.25) is 0 Å². The Kier molecular flexibility index (Phi) is 2.87. The number of benzene rings is 1. The maximum Gasteiger partial charge on any atom is 0.335 e. The summed E-state index contributed by atoms with van der Waals surface area (Å²) in [6, 6.07) is 5.71. The van der Waals surface area contributed by atoms with Gasteiger partial charge in [0.1, 0.15) is 0 Å². The summed E-state index contributed by atoms with van der Waals surface area (Å²) in [6.07, 6.45) is 4.84. The second-order valence-corrected chi connectivity index (χ2v) is 2.48. The zero-order chi connectivity index (χ0) is 10.6. The lowest BCUT2D eigenvalue weighted by atomic mass is 10.2. The van der Waals surface area contributed by atoms with E-state index in [0.29, 0.717) is 5.69 Å². The Morgan fingerprint density at radius 3 is 2.29 bits per heavy atom. The van der Waals surface area contributed by atoms with Gasteiger partial charge in [-0.15, -0.1) is 6.42 Å². The van der Waals surface area contributed by atoms with Crippen LogP contribution in [0, 0.1) is 12.3 Å². The minimum atomic E-state index is -1.01. The van der Waals surface area contributed by atoms with Crippen molar-refractivity contribution in [2.24, 2.45) is 0 Å². The van der Waals surface area contributed by atoms with E-state index >= 15 is 0 Å². The van der Waals surface area contributed by atoms with Crippen LogP contribution in [0.15, 0.2) is 24.3 Å². The van der Waals surface area contributed by atoms with Gasteiger partial charge < -0.3 is 10.4 Å². The van der Waals surface area contributed by atoms with Crippen LogP contribution in [0.4, 0.5) is 5.69 Å². The van der Waals surface area contributed by atoms with Crippen molar-refractivity contribution in [3.8, 4) is 12.3 Å². The third kappa shape index (κ3) is 2.35. The first kappa shape index (κ1) is 9.81. The molecule has 0 radical (unpaired) electrons. The number of hydrogen-bond donors (Lipinski definition) is 2. The van der Waals surface area contributed by atoms with Crippen molar-refractivity contribution >= 4 is 17.6 Å². The zero-order valence-electron chi connectivity index (χ0n) is 7.15. The van der Waals surface area contributed by atoms with Crippen molar-refractivity contribution in [1.82, 2.24) is 0 Å². The molecule has 1 aromatic rings. The number of hydrogen-bond acceptors (Lipinski definition) is 2. The Bertz CT molecular complexity index is 400. The molecule has 0 bridgehead atoms. The van der Waals surface area contributed by atoms with Crippen LogP contribution in [0.2, 0.25) is 0 Å². The number of carbonyl (C=O) groups excluding carboxylic acids is 1. The molecule has 0 aliphatic heterocycles. The van der Waals surface area contributed by atoms with Crippen LogP contribution in [-0.4, -0.2) is 17.0 Å². The fourth-order valence-corrected chi connectivity index (χ4v) is 0.863. The summed E-state index contributed by atoms with van der Waals surface area (Å²) in [6.45, 7) is 0. The molecular weight excluding hydrogens is 182 g/mol. The number of carboxylic acid groups (broad SMARTS) is 1. The molecule has 0 aliphatic carbocycles. The normalized spacial score (nSPS) is 8.79. The molecule has 14 heavy (non-hydrogen) atoms. The Morgan fingerprint density at radius 2 is 1.86 bits per heavy atom. The van der Waals surface area contributed by atoms with E-state index in [1.807, 2.05) is 5.92 Å². The van der Waals surface area contributed by atoms with Gasteiger partial charge in [-0.05, 0) is 30.2 Å². The van der Waals surface area contributed by atoms with E-state index in [1.165, 1.54) is 24.3 Å². The third-order valence-electron chi connectivity index (χ3n) is 1.52. The average Bonchev–Trinajstić information content (AvgIpc) is 2.18. The predicted molar refractivity (Wildman–Crippen MR) is 50.9 cm³/mol. The van der Waals surface area contributed by atoms with E-state index < -0.39 is 11.9 Å². The summed E-state index contributed by atoms with van der Waals surface area (Å²) in [5, 5.41) is 11.0. The Balaban J connectivity index is 2.80. The van der Waals surface area contributed by atoms with Crippen molar-refractivity contribution in [1.29, 1.82) is 0 Å². The van der Waals surface area contributed by atoms with Crippen LogP contribution >= 0.6 is 0 Å². The standard InChI is InChI=1S/C10H7NO3/c1-2-9(12)11-8-5-3-7(4-6-8)10(13)14/h1,3-6H,(H,11,12)(H,13,14). The fourth-order valence-electron chi connectivity index (χ4n) is 0.863. The van der Waals surface area contributed by atoms with Gasteiger partial charge in [0.05, 0.1) is 5.56 Å². The molecule has 1 rings (SSSR count). The molecule has 0 saturated heterocycles. The number of carboxylic acids is 1. The van der Waals surface area contributed by atoms with E-state index in [1.54, 1.807) is 0 Å². The molecular formula is C10H7NO3. The first-order valence-corrected chi connectivity index (χ1v) is 3.74. The number of carbonyl (C=O) groups is 2.